The fraction of sp³-hybridized carbons (Fsp3) is 0.450. The Bertz CT molecular complexity index is 978. The Labute approximate surface area is 162 Å². The van der Waals surface area contributed by atoms with Gasteiger partial charge in [0.1, 0.15) is 0 Å². The van der Waals surface area contributed by atoms with E-state index < -0.39 is 0 Å². The van der Waals surface area contributed by atoms with Crippen molar-refractivity contribution in [3.8, 4) is 11.5 Å². The van der Waals surface area contributed by atoms with Crippen LogP contribution in [0.5, 0.6) is 0 Å². The van der Waals surface area contributed by atoms with E-state index in [1.165, 1.54) is 23.7 Å². The summed E-state index contributed by atoms with van der Waals surface area (Å²) in [5.74, 6) is 1.55. The molecule has 0 aliphatic carbocycles. The zero-order valence-corrected chi connectivity index (χ0v) is 16.7. The second-order valence-electron chi connectivity index (χ2n) is 7.38. The lowest BCUT2D eigenvalue weighted by Crippen LogP contribution is -2.40. The Kier molecular flexibility index (Phi) is 4.95. The van der Waals surface area contributed by atoms with Crippen LogP contribution in [0.25, 0.3) is 22.4 Å². The van der Waals surface area contributed by atoms with Gasteiger partial charge in [0, 0.05) is 35.2 Å². The molecule has 7 heteroatoms. The number of carbonyl (C=O) groups is 1. The molecule has 1 N–H and O–H groups in total. The lowest BCUT2D eigenvalue weighted by molar-refractivity contribution is -0.130. The van der Waals surface area contributed by atoms with Gasteiger partial charge in [-0.3, -0.25) is 4.79 Å². The quantitative estimate of drug-likeness (QED) is 0.683. The number of hydrogen-bond donors (Lipinski definition) is 1. The van der Waals surface area contributed by atoms with Crippen LogP contribution in [0, 0.1) is 19.8 Å². The molecular weight excluding hydrogens is 360 g/mol. The zero-order chi connectivity index (χ0) is 19.0. The average molecular weight is 385 g/mol. The molecule has 1 aliphatic heterocycles. The number of H-pyrrole nitrogens is 1. The van der Waals surface area contributed by atoms with Crippen molar-refractivity contribution in [2.45, 2.75) is 38.8 Å². The van der Waals surface area contributed by atoms with E-state index in [0.29, 0.717) is 22.8 Å². The summed E-state index contributed by atoms with van der Waals surface area (Å²) in [5.41, 5.74) is 4.38. The summed E-state index contributed by atoms with van der Waals surface area (Å²) in [4.78, 5) is 17.7. The Morgan fingerprint density at radius 3 is 3.04 bits per heavy atom. The maximum Gasteiger partial charge on any atom is 0.277 e. The monoisotopic (exact) mass is 384 g/mol. The fourth-order valence-corrected chi connectivity index (χ4v) is 4.28. The minimum absolute atomic E-state index is 0.145. The molecule has 1 atom stereocenters. The SMILES string of the molecule is Cc1[nH]c2ccc(-c3nnc(SCC(=O)N4CCC[C@@H](C)C4)o3)cc2c1C. The number of likely N-dealkylation sites (tertiary alicyclic amines) is 1. The van der Waals surface area contributed by atoms with Crippen molar-refractivity contribution in [2.24, 2.45) is 5.92 Å². The second-order valence-corrected chi connectivity index (χ2v) is 8.31. The van der Waals surface area contributed by atoms with Crippen LogP contribution >= 0.6 is 11.8 Å². The van der Waals surface area contributed by atoms with Crippen LogP contribution in [0.1, 0.15) is 31.0 Å². The normalized spacial score (nSPS) is 17.6. The highest BCUT2D eigenvalue weighted by Gasteiger charge is 2.21. The molecule has 3 heterocycles. The number of benzene rings is 1. The van der Waals surface area contributed by atoms with Crippen molar-refractivity contribution >= 4 is 28.6 Å². The molecule has 27 heavy (non-hydrogen) atoms. The van der Waals surface area contributed by atoms with Gasteiger partial charge in [0.05, 0.1) is 5.75 Å². The lowest BCUT2D eigenvalue weighted by atomic mass is 10.0. The fourth-order valence-electron chi connectivity index (χ4n) is 3.61. The number of aromatic nitrogens is 3. The van der Waals surface area contributed by atoms with Crippen LogP contribution in [0.4, 0.5) is 0 Å². The summed E-state index contributed by atoms with van der Waals surface area (Å²) in [6.07, 6.45) is 2.29. The van der Waals surface area contributed by atoms with Crippen LogP contribution in [0.15, 0.2) is 27.8 Å². The predicted octanol–water partition coefficient (Wildman–Crippen LogP) is 4.19. The predicted molar refractivity (Wildman–Crippen MR) is 107 cm³/mol. The zero-order valence-electron chi connectivity index (χ0n) is 15.9. The summed E-state index contributed by atoms with van der Waals surface area (Å²) in [6.45, 7) is 8.07. The van der Waals surface area contributed by atoms with Gasteiger partial charge in [-0.2, -0.15) is 0 Å². The highest BCUT2D eigenvalue weighted by Crippen LogP contribution is 2.29. The molecule has 1 amide bonds. The number of rotatable bonds is 4. The molecule has 3 aromatic rings. The summed E-state index contributed by atoms with van der Waals surface area (Å²) in [5, 5.41) is 9.85. The van der Waals surface area contributed by atoms with Crippen LogP contribution in [0.2, 0.25) is 0 Å². The lowest BCUT2D eigenvalue weighted by Gasteiger charge is -2.30. The molecule has 0 saturated carbocycles. The van der Waals surface area contributed by atoms with Gasteiger partial charge in [0.15, 0.2) is 0 Å². The topological polar surface area (TPSA) is 75.0 Å². The number of hydrogen-bond acceptors (Lipinski definition) is 5. The van der Waals surface area contributed by atoms with Gasteiger partial charge in [-0.05, 0) is 56.4 Å². The summed E-state index contributed by atoms with van der Waals surface area (Å²) in [7, 11) is 0. The number of aromatic amines is 1. The van der Waals surface area contributed by atoms with Crippen molar-refractivity contribution in [3.63, 3.8) is 0 Å². The van der Waals surface area contributed by atoms with Gasteiger partial charge >= 0.3 is 0 Å². The highest BCUT2D eigenvalue weighted by molar-refractivity contribution is 7.99. The van der Waals surface area contributed by atoms with E-state index in [1.807, 2.05) is 17.0 Å². The Hall–Kier alpha value is -2.28. The van der Waals surface area contributed by atoms with E-state index in [2.05, 4.69) is 42.0 Å². The van der Waals surface area contributed by atoms with Crippen LogP contribution in [0.3, 0.4) is 0 Å². The first-order valence-corrected chi connectivity index (χ1v) is 10.3. The summed E-state index contributed by atoms with van der Waals surface area (Å²) >= 11 is 1.31. The van der Waals surface area contributed by atoms with Gasteiger partial charge in [-0.15, -0.1) is 10.2 Å². The van der Waals surface area contributed by atoms with E-state index in [0.717, 1.165) is 41.7 Å². The molecule has 4 rings (SSSR count). The van der Waals surface area contributed by atoms with Gasteiger partial charge in [0.25, 0.3) is 5.22 Å². The van der Waals surface area contributed by atoms with E-state index >= 15 is 0 Å². The number of nitrogens with zero attached hydrogens (tertiary/aromatic N) is 3. The standard InChI is InChI=1S/C20H24N4O2S/c1-12-5-4-8-24(10-12)18(25)11-27-20-23-22-19(26-20)15-6-7-17-16(9-15)13(2)14(3)21-17/h6-7,9,12,21H,4-5,8,10-11H2,1-3H3/t12-/m1/s1. The van der Waals surface area contributed by atoms with Crippen LogP contribution < -0.4 is 0 Å². The molecule has 1 aromatic carbocycles. The van der Waals surface area contributed by atoms with Gasteiger partial charge < -0.3 is 14.3 Å². The molecule has 1 fully saturated rings. The van der Waals surface area contributed by atoms with Crippen molar-refractivity contribution in [2.75, 3.05) is 18.8 Å². The maximum atomic E-state index is 12.4. The van der Waals surface area contributed by atoms with Gasteiger partial charge in [0.2, 0.25) is 11.8 Å². The second kappa shape index (κ2) is 7.38. The van der Waals surface area contributed by atoms with Gasteiger partial charge in [-0.1, -0.05) is 18.7 Å². The molecule has 0 radical (unpaired) electrons. The maximum absolute atomic E-state index is 12.4. The number of carbonyl (C=O) groups excluding carboxylic acids is 1. The highest BCUT2D eigenvalue weighted by atomic mass is 32.2. The average Bonchev–Trinajstić information content (AvgIpc) is 3.25. The molecule has 1 aliphatic rings. The molecule has 1 saturated heterocycles. The van der Waals surface area contributed by atoms with E-state index in [1.54, 1.807) is 0 Å². The number of fused-ring (bicyclic) bond motifs is 1. The van der Waals surface area contributed by atoms with Crippen LogP contribution in [-0.4, -0.2) is 44.8 Å². The molecule has 0 bridgehead atoms. The first kappa shape index (κ1) is 18.1. The number of amides is 1. The first-order valence-electron chi connectivity index (χ1n) is 9.34. The van der Waals surface area contributed by atoms with Crippen molar-refractivity contribution < 1.29 is 9.21 Å². The van der Waals surface area contributed by atoms with E-state index in [-0.39, 0.29) is 5.91 Å². The Balaban J connectivity index is 1.44. The third-order valence-corrected chi connectivity index (χ3v) is 6.09. The third kappa shape index (κ3) is 3.74. The molecule has 2 aromatic heterocycles. The Morgan fingerprint density at radius 1 is 1.37 bits per heavy atom. The summed E-state index contributed by atoms with van der Waals surface area (Å²) < 4.78 is 5.78. The van der Waals surface area contributed by atoms with E-state index in [9.17, 15) is 4.79 Å². The molecule has 0 spiro atoms. The first-order chi connectivity index (χ1) is 13.0. The molecular formula is C20H24N4O2S. The number of nitrogens with one attached hydrogen (secondary N) is 1. The van der Waals surface area contributed by atoms with Crippen LogP contribution in [-0.2, 0) is 4.79 Å². The summed E-state index contributed by atoms with van der Waals surface area (Å²) in [6, 6.07) is 6.07. The third-order valence-electron chi connectivity index (χ3n) is 5.29. The molecule has 6 nitrogen and oxygen atoms in total. The Morgan fingerprint density at radius 2 is 2.22 bits per heavy atom. The number of aryl methyl sites for hydroxylation is 2. The molecule has 142 valence electrons. The van der Waals surface area contributed by atoms with Gasteiger partial charge in [-0.25, -0.2) is 0 Å². The minimum atomic E-state index is 0.145. The largest absolute Gasteiger partial charge is 0.411 e. The van der Waals surface area contributed by atoms with Crippen molar-refractivity contribution in [1.29, 1.82) is 0 Å². The van der Waals surface area contributed by atoms with E-state index in [4.69, 9.17) is 4.42 Å². The smallest absolute Gasteiger partial charge is 0.277 e. The molecule has 0 unspecified atom stereocenters. The number of piperidine rings is 1. The van der Waals surface area contributed by atoms with Crippen molar-refractivity contribution in [1.82, 2.24) is 20.1 Å². The van der Waals surface area contributed by atoms with Crippen molar-refractivity contribution in [3.05, 3.63) is 29.5 Å². The minimum Gasteiger partial charge on any atom is -0.411 e. The number of thioether (sulfide) groups is 1.